The van der Waals surface area contributed by atoms with E-state index in [-0.39, 0.29) is 5.92 Å². The summed E-state index contributed by atoms with van der Waals surface area (Å²) in [6, 6.07) is 22.4. The largest absolute Gasteiger partial charge is 0.481 e. The number of anilines is 2. The molecule has 0 bridgehead atoms. The number of hydrogen-bond acceptors (Lipinski definition) is 10. The molecule has 52 heavy (non-hydrogen) atoms. The molecule has 0 radical (unpaired) electrons. The summed E-state index contributed by atoms with van der Waals surface area (Å²) < 4.78 is 6.29. The van der Waals surface area contributed by atoms with Crippen LogP contribution in [-0.2, 0) is 17.9 Å². The van der Waals surface area contributed by atoms with Gasteiger partial charge in [0.05, 0.1) is 17.6 Å². The van der Waals surface area contributed by atoms with Crippen LogP contribution in [0.3, 0.4) is 0 Å². The molecule has 1 fully saturated rings. The van der Waals surface area contributed by atoms with Crippen LogP contribution in [-0.4, -0.2) is 61.8 Å². The maximum absolute atomic E-state index is 11.4. The Morgan fingerprint density at radius 1 is 1.02 bits per heavy atom. The Morgan fingerprint density at radius 3 is 2.52 bits per heavy atom. The van der Waals surface area contributed by atoms with E-state index in [1.165, 1.54) is 0 Å². The zero-order chi connectivity index (χ0) is 36.4. The lowest BCUT2D eigenvalue weighted by Gasteiger charge is -2.30. The maximum atomic E-state index is 11.4. The SMILES string of the molecule is Cc1c(Nc2nccc3cc(CNC[C@H](C)O)cnc23)cccc1-c1cccc(-c2nc3cc(CN4CCC(C(=O)O)CC4)cc(C#N)c3o2)c1C. The van der Waals surface area contributed by atoms with Gasteiger partial charge in [-0.25, -0.2) is 9.97 Å². The minimum absolute atomic E-state index is 0.295. The Hall–Kier alpha value is -5.67. The third-order valence-electron chi connectivity index (χ3n) is 9.88. The number of aromatic nitrogens is 3. The van der Waals surface area contributed by atoms with Gasteiger partial charge >= 0.3 is 5.97 Å². The standard InChI is InChI=1S/C41H41N7O4/c1-24(49)20-43-21-28-17-30-10-13-44-39(37(30)45-22-28)46-35-9-5-7-33(26(35)3)32-6-4-8-34(25(32)2)40-47-36-18-27(16-31(19-42)38(36)52-40)23-48-14-11-29(12-15-48)41(50)51/h4-10,13,16-18,22,24,29,43,49H,11-12,14-15,20-21,23H2,1-3H3,(H,44,46)(H,50,51)/t24-/m0/s1. The number of nitrogens with one attached hydrogen (secondary N) is 2. The summed E-state index contributed by atoms with van der Waals surface area (Å²) in [5.41, 5.74) is 10.1. The number of carboxylic acids is 1. The van der Waals surface area contributed by atoms with Crippen LogP contribution in [0.1, 0.15) is 47.6 Å². The number of benzene rings is 3. The number of pyridine rings is 2. The molecule has 3 aromatic carbocycles. The molecular formula is C41H41N7O4. The molecule has 6 aromatic rings. The molecule has 7 rings (SSSR count). The van der Waals surface area contributed by atoms with E-state index in [0.29, 0.717) is 73.9 Å². The summed E-state index contributed by atoms with van der Waals surface area (Å²) in [6.07, 6.45) is 4.43. The van der Waals surface area contributed by atoms with Crippen molar-refractivity contribution in [2.45, 2.75) is 52.8 Å². The van der Waals surface area contributed by atoms with Crippen molar-refractivity contribution in [1.82, 2.24) is 25.2 Å². The van der Waals surface area contributed by atoms with E-state index in [1.807, 2.05) is 48.7 Å². The number of aliphatic carboxylic acids is 1. The van der Waals surface area contributed by atoms with Crippen LogP contribution in [0.25, 0.3) is 44.6 Å². The van der Waals surface area contributed by atoms with Crippen molar-refractivity contribution < 1.29 is 19.4 Å². The van der Waals surface area contributed by atoms with Crippen molar-refractivity contribution in [3.8, 4) is 28.7 Å². The van der Waals surface area contributed by atoms with Gasteiger partial charge < -0.3 is 25.3 Å². The lowest BCUT2D eigenvalue weighted by molar-refractivity contribution is -0.143. The molecule has 0 spiro atoms. The predicted molar refractivity (Wildman–Crippen MR) is 201 cm³/mol. The average Bonchev–Trinajstić information content (AvgIpc) is 3.56. The second kappa shape index (κ2) is 14.9. The van der Waals surface area contributed by atoms with Crippen LogP contribution >= 0.6 is 0 Å². The molecule has 264 valence electrons. The molecule has 0 saturated carbocycles. The summed E-state index contributed by atoms with van der Waals surface area (Å²) >= 11 is 0. The summed E-state index contributed by atoms with van der Waals surface area (Å²) in [4.78, 5) is 27.8. The highest BCUT2D eigenvalue weighted by Gasteiger charge is 2.25. The van der Waals surface area contributed by atoms with Gasteiger partial charge in [0, 0.05) is 48.7 Å². The lowest BCUT2D eigenvalue weighted by Crippen LogP contribution is -2.35. The molecule has 0 aliphatic carbocycles. The third-order valence-corrected chi connectivity index (χ3v) is 9.88. The second-order valence-electron chi connectivity index (χ2n) is 13.6. The Labute approximate surface area is 302 Å². The van der Waals surface area contributed by atoms with Crippen molar-refractivity contribution in [3.63, 3.8) is 0 Å². The van der Waals surface area contributed by atoms with E-state index < -0.39 is 12.1 Å². The number of nitrogens with zero attached hydrogens (tertiary/aromatic N) is 5. The van der Waals surface area contributed by atoms with Crippen molar-refractivity contribution in [2.75, 3.05) is 25.0 Å². The van der Waals surface area contributed by atoms with Crippen molar-refractivity contribution >= 4 is 39.5 Å². The highest BCUT2D eigenvalue weighted by molar-refractivity contribution is 5.91. The predicted octanol–water partition coefficient (Wildman–Crippen LogP) is 7.10. The number of aliphatic hydroxyl groups is 1. The number of carboxylic acid groups (broad SMARTS) is 1. The van der Waals surface area contributed by atoms with Gasteiger partial charge in [-0.15, -0.1) is 0 Å². The number of nitriles is 1. The van der Waals surface area contributed by atoms with Crippen LogP contribution in [0.5, 0.6) is 0 Å². The highest BCUT2D eigenvalue weighted by Crippen LogP contribution is 2.38. The zero-order valence-electron chi connectivity index (χ0n) is 29.5. The van der Waals surface area contributed by atoms with Gasteiger partial charge in [0.15, 0.2) is 11.4 Å². The van der Waals surface area contributed by atoms with Crippen LogP contribution < -0.4 is 10.6 Å². The fraction of sp³-hybridized carbons (Fsp3) is 0.293. The molecule has 11 nitrogen and oxygen atoms in total. The monoisotopic (exact) mass is 695 g/mol. The number of carbonyl (C=O) groups is 1. The van der Waals surface area contributed by atoms with Gasteiger partial charge in [0.1, 0.15) is 17.1 Å². The Kier molecular flexibility index (Phi) is 9.96. The van der Waals surface area contributed by atoms with Gasteiger partial charge in [-0.1, -0.05) is 24.3 Å². The number of oxazole rings is 1. The topological polar surface area (TPSA) is 160 Å². The first-order chi connectivity index (χ1) is 25.2. The van der Waals surface area contributed by atoms with E-state index in [0.717, 1.165) is 55.5 Å². The second-order valence-corrected chi connectivity index (χ2v) is 13.6. The molecule has 0 unspecified atom stereocenters. The number of aliphatic hydroxyl groups excluding tert-OH is 1. The van der Waals surface area contributed by atoms with E-state index in [1.54, 1.807) is 13.1 Å². The first-order valence-corrected chi connectivity index (χ1v) is 17.6. The van der Waals surface area contributed by atoms with Gasteiger partial charge in [-0.2, -0.15) is 5.26 Å². The number of rotatable bonds is 11. The molecule has 0 amide bonds. The molecule has 1 saturated heterocycles. The van der Waals surface area contributed by atoms with Crippen LogP contribution in [0.4, 0.5) is 11.5 Å². The Balaban J connectivity index is 1.15. The summed E-state index contributed by atoms with van der Waals surface area (Å²) in [5.74, 6) is 0.0855. The molecule has 3 aromatic heterocycles. The fourth-order valence-corrected chi connectivity index (χ4v) is 7.05. The molecule has 4 N–H and O–H groups in total. The number of likely N-dealkylation sites (tertiary alicyclic amines) is 1. The molecule has 11 heteroatoms. The van der Waals surface area contributed by atoms with Crippen LogP contribution in [0.2, 0.25) is 0 Å². The fourth-order valence-electron chi connectivity index (χ4n) is 7.05. The Morgan fingerprint density at radius 2 is 1.77 bits per heavy atom. The van der Waals surface area contributed by atoms with Gasteiger partial charge in [-0.3, -0.25) is 14.7 Å². The normalized spacial score (nSPS) is 14.4. The minimum atomic E-state index is -0.730. The Bertz CT molecular complexity index is 2320. The van der Waals surface area contributed by atoms with E-state index in [4.69, 9.17) is 14.4 Å². The summed E-state index contributed by atoms with van der Waals surface area (Å²) in [6.45, 7) is 9.02. The van der Waals surface area contributed by atoms with E-state index >= 15 is 0 Å². The molecule has 1 atom stereocenters. The highest BCUT2D eigenvalue weighted by atomic mass is 16.4. The third kappa shape index (κ3) is 7.22. The van der Waals surface area contributed by atoms with Gasteiger partial charge in [-0.05, 0) is 116 Å². The van der Waals surface area contributed by atoms with Crippen LogP contribution in [0, 0.1) is 31.1 Å². The van der Waals surface area contributed by atoms with E-state index in [2.05, 4.69) is 58.6 Å². The molecule has 1 aliphatic heterocycles. The van der Waals surface area contributed by atoms with Crippen molar-refractivity contribution in [3.05, 3.63) is 101 Å². The molecular weight excluding hydrogens is 654 g/mol. The molecule has 4 heterocycles. The van der Waals surface area contributed by atoms with Crippen molar-refractivity contribution in [1.29, 1.82) is 5.26 Å². The lowest BCUT2D eigenvalue weighted by atomic mass is 9.93. The van der Waals surface area contributed by atoms with E-state index in [9.17, 15) is 20.3 Å². The smallest absolute Gasteiger partial charge is 0.306 e. The molecule has 1 aliphatic rings. The quantitative estimate of drug-likeness (QED) is 0.109. The first-order valence-electron chi connectivity index (χ1n) is 17.6. The summed E-state index contributed by atoms with van der Waals surface area (Å²) in [5, 5.41) is 36.7. The number of piperidine rings is 1. The number of fused-ring (bicyclic) bond motifs is 2. The first kappa shape index (κ1) is 34.8. The van der Waals surface area contributed by atoms with Crippen molar-refractivity contribution in [2.24, 2.45) is 5.92 Å². The van der Waals surface area contributed by atoms with Crippen LogP contribution in [0.15, 0.2) is 77.5 Å². The summed E-state index contributed by atoms with van der Waals surface area (Å²) in [7, 11) is 0. The van der Waals surface area contributed by atoms with Gasteiger partial charge in [0.2, 0.25) is 5.89 Å². The average molecular weight is 696 g/mol. The maximum Gasteiger partial charge on any atom is 0.306 e. The van der Waals surface area contributed by atoms with Gasteiger partial charge in [0.25, 0.3) is 0 Å². The zero-order valence-corrected chi connectivity index (χ0v) is 29.5. The number of hydrogen-bond donors (Lipinski definition) is 4. The minimum Gasteiger partial charge on any atom is -0.481 e.